The van der Waals surface area contributed by atoms with Crippen molar-refractivity contribution in [3.63, 3.8) is 0 Å². The lowest BCUT2D eigenvalue weighted by Gasteiger charge is -2.29. The molecule has 6 nitrogen and oxygen atoms in total. The maximum Gasteiger partial charge on any atom is 0.251 e. The summed E-state index contributed by atoms with van der Waals surface area (Å²) in [6.07, 6.45) is 3.06. The number of rotatable bonds is 8. The van der Waals surface area contributed by atoms with Gasteiger partial charge in [-0.25, -0.2) is 8.42 Å². The molecule has 0 aliphatic carbocycles. The van der Waals surface area contributed by atoms with Crippen molar-refractivity contribution < 1.29 is 18.1 Å². The van der Waals surface area contributed by atoms with Gasteiger partial charge in [0.25, 0.3) is 5.91 Å². The molecule has 152 valence electrons. The molecule has 1 heterocycles. The highest BCUT2D eigenvalue weighted by Gasteiger charge is 2.27. The zero-order valence-electron chi connectivity index (χ0n) is 16.4. The minimum Gasteiger partial charge on any atom is -0.349 e. The van der Waals surface area contributed by atoms with Gasteiger partial charge in [0.2, 0.25) is 10.0 Å². The van der Waals surface area contributed by atoms with E-state index in [4.69, 9.17) is 11.6 Å². The lowest BCUT2D eigenvalue weighted by atomic mass is 10.0. The number of likely N-dealkylation sites (tertiary alicyclic amines) is 1. The summed E-state index contributed by atoms with van der Waals surface area (Å²) in [6.45, 7) is 9.73. The van der Waals surface area contributed by atoms with Crippen LogP contribution in [-0.2, 0) is 10.0 Å². The zero-order valence-corrected chi connectivity index (χ0v) is 18.0. The van der Waals surface area contributed by atoms with E-state index in [-0.39, 0.29) is 21.9 Å². The Hall–Kier alpha value is -1.15. The third-order valence-corrected chi connectivity index (χ3v) is 7.68. The Morgan fingerprint density at radius 3 is 2.41 bits per heavy atom. The number of nitrogens with zero attached hydrogens (tertiary/aromatic N) is 1. The summed E-state index contributed by atoms with van der Waals surface area (Å²) in [5, 5.41) is 3.18. The fourth-order valence-corrected chi connectivity index (χ4v) is 5.55. The van der Waals surface area contributed by atoms with E-state index in [1.54, 1.807) is 24.8 Å². The molecular weight excluding hydrogens is 386 g/mol. The van der Waals surface area contributed by atoms with Gasteiger partial charge in [-0.05, 0) is 24.6 Å². The molecule has 1 fully saturated rings. The van der Waals surface area contributed by atoms with E-state index in [2.05, 4.69) is 12.2 Å². The number of piperidine rings is 1. The molecule has 2 rings (SSSR count). The molecular formula is C19H31ClN3O3S+. The van der Waals surface area contributed by atoms with Gasteiger partial charge in [0.05, 0.1) is 24.7 Å². The highest BCUT2D eigenvalue weighted by atomic mass is 35.5. The molecule has 0 unspecified atom stereocenters. The summed E-state index contributed by atoms with van der Waals surface area (Å²) in [5.74, 6) is -0.244. The summed E-state index contributed by atoms with van der Waals surface area (Å²) < 4.78 is 26.9. The molecule has 1 amide bonds. The summed E-state index contributed by atoms with van der Waals surface area (Å²) in [6, 6.07) is 4.59. The molecule has 1 saturated heterocycles. The third kappa shape index (κ3) is 5.44. The molecule has 0 aromatic heterocycles. The maximum atomic E-state index is 12.8. The Morgan fingerprint density at radius 1 is 1.22 bits per heavy atom. The molecule has 0 bridgehead atoms. The Kier molecular flexibility index (Phi) is 8.09. The fraction of sp³-hybridized carbons (Fsp3) is 0.632. The molecule has 1 aromatic carbocycles. The molecule has 0 spiro atoms. The standard InChI is InChI=1S/C19H30ClN3O3S/c1-4-11-22-12-9-16(10-13-22)21-19(24)15-7-8-17(20)18(14-15)27(25,26)23(5-2)6-3/h7-8,14,16H,4-6,9-13H2,1-3H3,(H,21,24)/p+1. The van der Waals surface area contributed by atoms with Crippen molar-refractivity contribution in [3.8, 4) is 0 Å². The largest absolute Gasteiger partial charge is 0.349 e. The van der Waals surface area contributed by atoms with Crippen LogP contribution in [0.25, 0.3) is 0 Å². The number of hydrogen-bond acceptors (Lipinski definition) is 3. The first-order chi connectivity index (χ1) is 12.8. The van der Waals surface area contributed by atoms with E-state index in [0.29, 0.717) is 18.7 Å². The number of benzene rings is 1. The predicted molar refractivity (Wildman–Crippen MR) is 108 cm³/mol. The summed E-state index contributed by atoms with van der Waals surface area (Å²) in [5.41, 5.74) is 0.327. The van der Waals surface area contributed by atoms with E-state index in [9.17, 15) is 13.2 Å². The second-order valence-corrected chi connectivity index (χ2v) is 9.30. The molecule has 1 aliphatic heterocycles. The monoisotopic (exact) mass is 416 g/mol. The van der Waals surface area contributed by atoms with Crippen LogP contribution in [0.4, 0.5) is 0 Å². The molecule has 1 aliphatic rings. The number of nitrogens with one attached hydrogen (secondary N) is 2. The van der Waals surface area contributed by atoms with Crippen LogP contribution < -0.4 is 10.2 Å². The van der Waals surface area contributed by atoms with Gasteiger partial charge in [-0.3, -0.25) is 4.79 Å². The number of halogens is 1. The van der Waals surface area contributed by atoms with Crippen LogP contribution in [0.5, 0.6) is 0 Å². The first-order valence-corrected chi connectivity index (χ1v) is 11.6. The Bertz CT molecular complexity index is 743. The highest BCUT2D eigenvalue weighted by Crippen LogP contribution is 2.26. The smallest absolute Gasteiger partial charge is 0.251 e. The van der Waals surface area contributed by atoms with Crippen LogP contribution in [0.1, 0.15) is 50.4 Å². The number of amides is 1. The number of carbonyl (C=O) groups is 1. The molecule has 0 radical (unpaired) electrons. The van der Waals surface area contributed by atoms with E-state index < -0.39 is 10.0 Å². The fourth-order valence-electron chi connectivity index (χ4n) is 3.59. The van der Waals surface area contributed by atoms with Crippen molar-refractivity contribution >= 4 is 27.5 Å². The Morgan fingerprint density at radius 2 is 1.85 bits per heavy atom. The molecule has 27 heavy (non-hydrogen) atoms. The van der Waals surface area contributed by atoms with Crippen molar-refractivity contribution in [1.82, 2.24) is 9.62 Å². The van der Waals surface area contributed by atoms with Gasteiger partial charge in [-0.1, -0.05) is 32.4 Å². The zero-order chi connectivity index (χ0) is 20.0. The first-order valence-electron chi connectivity index (χ1n) is 9.77. The highest BCUT2D eigenvalue weighted by molar-refractivity contribution is 7.89. The number of quaternary nitrogens is 1. The van der Waals surface area contributed by atoms with Crippen LogP contribution in [0.3, 0.4) is 0 Å². The van der Waals surface area contributed by atoms with Crippen molar-refractivity contribution in [3.05, 3.63) is 28.8 Å². The van der Waals surface area contributed by atoms with Crippen LogP contribution in [-0.4, -0.2) is 57.4 Å². The lowest BCUT2D eigenvalue weighted by molar-refractivity contribution is -0.905. The first kappa shape index (κ1) is 22.1. The second kappa shape index (κ2) is 9.87. The van der Waals surface area contributed by atoms with Gasteiger partial charge >= 0.3 is 0 Å². The van der Waals surface area contributed by atoms with E-state index in [1.807, 2.05) is 0 Å². The van der Waals surface area contributed by atoms with E-state index >= 15 is 0 Å². The number of carbonyl (C=O) groups excluding carboxylic acids is 1. The average Bonchev–Trinajstić information content (AvgIpc) is 2.64. The molecule has 0 atom stereocenters. The van der Waals surface area contributed by atoms with Crippen molar-refractivity contribution in [1.29, 1.82) is 0 Å². The van der Waals surface area contributed by atoms with Gasteiger partial charge < -0.3 is 10.2 Å². The minimum absolute atomic E-state index is 0.0114. The van der Waals surface area contributed by atoms with Crippen LogP contribution >= 0.6 is 11.6 Å². The second-order valence-electron chi connectivity index (χ2n) is 6.98. The Balaban J connectivity index is 2.12. The van der Waals surface area contributed by atoms with Crippen molar-refractivity contribution in [2.45, 2.75) is 51.0 Å². The minimum atomic E-state index is -3.72. The summed E-state index contributed by atoms with van der Waals surface area (Å²) in [4.78, 5) is 14.2. The summed E-state index contributed by atoms with van der Waals surface area (Å²) >= 11 is 6.14. The number of hydrogen-bond donors (Lipinski definition) is 2. The molecule has 8 heteroatoms. The van der Waals surface area contributed by atoms with E-state index in [1.165, 1.54) is 29.4 Å². The van der Waals surface area contributed by atoms with Crippen LogP contribution in [0, 0.1) is 0 Å². The van der Waals surface area contributed by atoms with Crippen LogP contribution in [0.2, 0.25) is 5.02 Å². The Labute approximate surface area is 167 Å². The van der Waals surface area contributed by atoms with Gasteiger partial charge in [0.1, 0.15) is 4.90 Å². The average molecular weight is 417 g/mol. The quantitative estimate of drug-likeness (QED) is 0.675. The summed E-state index contributed by atoms with van der Waals surface area (Å²) in [7, 11) is -3.72. The number of sulfonamides is 1. The maximum absolute atomic E-state index is 12.8. The van der Waals surface area contributed by atoms with Crippen LogP contribution in [0.15, 0.2) is 23.1 Å². The van der Waals surface area contributed by atoms with Gasteiger partial charge in [-0.15, -0.1) is 0 Å². The molecule has 2 N–H and O–H groups in total. The topological polar surface area (TPSA) is 70.9 Å². The predicted octanol–water partition coefficient (Wildman–Crippen LogP) is 1.56. The van der Waals surface area contributed by atoms with Crippen molar-refractivity contribution in [2.75, 3.05) is 32.7 Å². The third-order valence-electron chi connectivity index (χ3n) is 5.15. The van der Waals surface area contributed by atoms with Gasteiger partial charge in [0, 0.05) is 37.5 Å². The lowest BCUT2D eigenvalue weighted by Crippen LogP contribution is -3.13. The SMILES string of the molecule is CCC[NH+]1CCC(NC(=O)c2ccc(Cl)c(S(=O)(=O)N(CC)CC)c2)CC1. The van der Waals surface area contributed by atoms with Gasteiger partial charge in [-0.2, -0.15) is 4.31 Å². The van der Waals surface area contributed by atoms with Crippen molar-refractivity contribution in [2.24, 2.45) is 0 Å². The van der Waals surface area contributed by atoms with E-state index in [0.717, 1.165) is 25.9 Å². The normalized spacial score (nSPS) is 20.6. The molecule has 1 aromatic rings. The molecule has 0 saturated carbocycles. The van der Waals surface area contributed by atoms with Gasteiger partial charge in [0.15, 0.2) is 0 Å².